The maximum Gasteiger partial charge on any atom is 0.268 e. The summed E-state index contributed by atoms with van der Waals surface area (Å²) in [4.78, 5) is 25.2. The van der Waals surface area contributed by atoms with Crippen LogP contribution in [0.25, 0.3) is 10.1 Å². The summed E-state index contributed by atoms with van der Waals surface area (Å²) in [5.74, 6) is -0.00571. The first-order chi connectivity index (χ1) is 12.0. The van der Waals surface area contributed by atoms with Gasteiger partial charge in [-0.1, -0.05) is 11.6 Å². The molecule has 0 spiro atoms. The van der Waals surface area contributed by atoms with Gasteiger partial charge < -0.3 is 9.47 Å². The van der Waals surface area contributed by atoms with Crippen LogP contribution in [0.2, 0.25) is 5.02 Å². The summed E-state index contributed by atoms with van der Waals surface area (Å²) in [6.45, 7) is 0. The van der Waals surface area contributed by atoms with Crippen LogP contribution >= 0.6 is 22.9 Å². The number of nitrogens with one attached hydrogen (secondary N) is 1. The lowest BCUT2D eigenvalue weighted by atomic mass is 10.2. The molecule has 25 heavy (non-hydrogen) atoms. The summed E-state index contributed by atoms with van der Waals surface area (Å²) in [6.07, 6.45) is 0. The number of rotatable bonds is 4. The van der Waals surface area contributed by atoms with Gasteiger partial charge in [0.25, 0.3) is 11.8 Å². The van der Waals surface area contributed by atoms with Crippen molar-refractivity contribution >= 4 is 44.8 Å². The first-order valence-corrected chi connectivity index (χ1v) is 8.48. The summed E-state index contributed by atoms with van der Waals surface area (Å²) < 4.78 is 11.2. The zero-order chi connectivity index (χ0) is 18.0. The van der Waals surface area contributed by atoms with Crippen LogP contribution in [0.15, 0.2) is 42.5 Å². The van der Waals surface area contributed by atoms with E-state index in [1.165, 1.54) is 30.6 Å². The molecule has 3 aromatic rings. The fourth-order valence-electron chi connectivity index (χ4n) is 2.35. The van der Waals surface area contributed by atoms with Gasteiger partial charge in [-0.25, -0.2) is 0 Å². The second kappa shape index (κ2) is 7.13. The molecule has 0 radical (unpaired) electrons. The molecule has 0 saturated heterocycles. The molecule has 5 nitrogen and oxygen atoms in total. The number of hydrogen-bond donors (Lipinski definition) is 1. The Morgan fingerprint density at radius 1 is 1.00 bits per heavy atom. The van der Waals surface area contributed by atoms with Crippen LogP contribution < -0.4 is 14.8 Å². The molecule has 0 bridgehead atoms. The Morgan fingerprint density at radius 3 is 2.52 bits per heavy atom. The smallest absolute Gasteiger partial charge is 0.268 e. The van der Waals surface area contributed by atoms with Crippen molar-refractivity contribution in [3.8, 4) is 11.5 Å². The molecule has 7 heteroatoms. The maximum absolute atomic E-state index is 12.4. The first kappa shape index (κ1) is 17.3. The number of amides is 2. The number of carbonyl (C=O) groups excluding carboxylic acids is 2. The zero-order valence-corrected chi connectivity index (χ0v) is 15.0. The lowest BCUT2D eigenvalue weighted by molar-refractivity contribution is 0.0850. The molecule has 0 fully saturated rings. The van der Waals surface area contributed by atoms with E-state index in [1.807, 2.05) is 18.2 Å². The number of halogens is 1. The molecule has 0 atom stereocenters. The minimum absolute atomic E-state index is 0.239. The number of imide groups is 1. The average Bonchev–Trinajstić information content (AvgIpc) is 3.04. The third-order valence-corrected chi connectivity index (χ3v) is 4.93. The Labute approximate surface area is 153 Å². The summed E-state index contributed by atoms with van der Waals surface area (Å²) in [7, 11) is 3.02. The summed E-state index contributed by atoms with van der Waals surface area (Å²) in [6, 6.07) is 11.9. The minimum Gasteiger partial charge on any atom is -0.497 e. The molecule has 2 aromatic carbocycles. The van der Waals surface area contributed by atoms with Crippen LogP contribution in [-0.4, -0.2) is 26.0 Å². The Morgan fingerprint density at radius 2 is 1.80 bits per heavy atom. The molecule has 1 aromatic heterocycles. The van der Waals surface area contributed by atoms with Gasteiger partial charge in [0, 0.05) is 9.72 Å². The molecule has 0 unspecified atom stereocenters. The van der Waals surface area contributed by atoms with Crippen molar-refractivity contribution in [3.05, 3.63) is 57.9 Å². The molecule has 2 amide bonds. The molecular formula is C18H14ClNO4S. The number of hydrogen-bond acceptors (Lipinski definition) is 5. The summed E-state index contributed by atoms with van der Waals surface area (Å²) in [5.41, 5.74) is 0.239. The van der Waals surface area contributed by atoms with E-state index in [1.54, 1.807) is 19.2 Å². The Balaban J connectivity index is 1.83. The molecule has 128 valence electrons. The summed E-state index contributed by atoms with van der Waals surface area (Å²) >= 11 is 7.19. The second-order valence-electron chi connectivity index (χ2n) is 5.14. The number of benzene rings is 2. The van der Waals surface area contributed by atoms with E-state index >= 15 is 0 Å². The molecular weight excluding hydrogens is 362 g/mol. The van der Waals surface area contributed by atoms with Gasteiger partial charge in [0.05, 0.1) is 24.7 Å². The monoisotopic (exact) mass is 375 g/mol. The van der Waals surface area contributed by atoms with E-state index in [4.69, 9.17) is 21.1 Å². The Bertz CT molecular complexity index is 967. The van der Waals surface area contributed by atoms with Crippen LogP contribution in [0.3, 0.4) is 0 Å². The first-order valence-electron chi connectivity index (χ1n) is 7.28. The van der Waals surface area contributed by atoms with Gasteiger partial charge in [-0.15, -0.1) is 11.3 Å². The van der Waals surface area contributed by atoms with Gasteiger partial charge in [0.1, 0.15) is 11.5 Å². The highest BCUT2D eigenvalue weighted by atomic mass is 35.5. The molecule has 0 aliphatic rings. The predicted molar refractivity (Wildman–Crippen MR) is 98.2 cm³/mol. The highest BCUT2D eigenvalue weighted by Gasteiger charge is 2.18. The van der Waals surface area contributed by atoms with Gasteiger partial charge in [-0.05, 0) is 47.9 Å². The quantitative estimate of drug-likeness (QED) is 0.696. The number of thiophene rings is 1. The maximum atomic E-state index is 12.4. The van der Waals surface area contributed by atoms with Crippen LogP contribution in [0, 0.1) is 0 Å². The van der Waals surface area contributed by atoms with Crippen LogP contribution in [0.5, 0.6) is 11.5 Å². The lowest BCUT2D eigenvalue weighted by Gasteiger charge is -2.08. The standard InChI is InChI=1S/C18H14ClNO4S/c1-23-12-4-6-15-10(7-12)8-16(25-15)18(22)20-17(21)13-5-3-11(19)9-14(13)24-2/h3-9H,1-2H3,(H,20,21,22). The molecule has 3 rings (SSSR count). The fraction of sp³-hybridized carbons (Fsp3) is 0.111. The van der Waals surface area contributed by atoms with Gasteiger partial charge in [-0.2, -0.15) is 0 Å². The summed E-state index contributed by atoms with van der Waals surface area (Å²) in [5, 5.41) is 3.70. The van der Waals surface area contributed by atoms with Gasteiger partial charge in [-0.3, -0.25) is 14.9 Å². The molecule has 0 aliphatic heterocycles. The molecule has 0 aliphatic carbocycles. The van der Waals surface area contributed by atoms with E-state index in [0.29, 0.717) is 21.4 Å². The normalized spacial score (nSPS) is 10.5. The van der Waals surface area contributed by atoms with Crippen molar-refractivity contribution in [1.82, 2.24) is 5.32 Å². The van der Waals surface area contributed by atoms with E-state index < -0.39 is 11.8 Å². The molecule has 1 heterocycles. The van der Waals surface area contributed by atoms with Crippen LogP contribution in [0.4, 0.5) is 0 Å². The van der Waals surface area contributed by atoms with Crippen LogP contribution in [0.1, 0.15) is 20.0 Å². The SMILES string of the molecule is COc1ccc2sc(C(=O)NC(=O)c3ccc(Cl)cc3OC)cc2c1. The lowest BCUT2D eigenvalue weighted by Crippen LogP contribution is -2.30. The third-order valence-electron chi connectivity index (χ3n) is 3.58. The van der Waals surface area contributed by atoms with E-state index in [2.05, 4.69) is 5.32 Å². The largest absolute Gasteiger partial charge is 0.497 e. The van der Waals surface area contributed by atoms with Gasteiger partial charge >= 0.3 is 0 Å². The van der Waals surface area contributed by atoms with E-state index in [9.17, 15) is 9.59 Å². The fourth-order valence-corrected chi connectivity index (χ4v) is 3.45. The Kier molecular flexibility index (Phi) is 4.92. The van der Waals surface area contributed by atoms with Crippen molar-refractivity contribution < 1.29 is 19.1 Å². The minimum atomic E-state index is -0.548. The van der Waals surface area contributed by atoms with Crippen LogP contribution in [-0.2, 0) is 0 Å². The number of fused-ring (bicyclic) bond motifs is 1. The third kappa shape index (κ3) is 3.60. The molecule has 0 saturated carbocycles. The highest BCUT2D eigenvalue weighted by Crippen LogP contribution is 2.29. The number of carbonyl (C=O) groups is 2. The topological polar surface area (TPSA) is 64.6 Å². The van der Waals surface area contributed by atoms with Crippen molar-refractivity contribution in [2.45, 2.75) is 0 Å². The Hall–Kier alpha value is -2.57. The van der Waals surface area contributed by atoms with Gasteiger partial charge in [0.2, 0.25) is 0 Å². The predicted octanol–water partition coefficient (Wildman–Crippen LogP) is 4.14. The van der Waals surface area contributed by atoms with E-state index in [-0.39, 0.29) is 5.56 Å². The highest BCUT2D eigenvalue weighted by molar-refractivity contribution is 7.20. The van der Waals surface area contributed by atoms with Gasteiger partial charge in [0.15, 0.2) is 0 Å². The van der Waals surface area contributed by atoms with E-state index in [0.717, 1.165) is 10.1 Å². The number of ether oxygens (including phenoxy) is 2. The zero-order valence-electron chi connectivity index (χ0n) is 13.5. The average molecular weight is 376 g/mol. The molecule has 1 N–H and O–H groups in total. The number of methoxy groups -OCH3 is 2. The van der Waals surface area contributed by atoms with Crippen molar-refractivity contribution in [2.24, 2.45) is 0 Å². The van der Waals surface area contributed by atoms with Crippen molar-refractivity contribution in [3.63, 3.8) is 0 Å². The van der Waals surface area contributed by atoms with Crippen molar-refractivity contribution in [2.75, 3.05) is 14.2 Å². The second-order valence-corrected chi connectivity index (χ2v) is 6.66. The van der Waals surface area contributed by atoms with Crippen molar-refractivity contribution in [1.29, 1.82) is 0 Å².